The van der Waals surface area contributed by atoms with Gasteiger partial charge in [-0.25, -0.2) is 0 Å². The number of esters is 1. The van der Waals surface area contributed by atoms with E-state index >= 15 is 0 Å². The van der Waals surface area contributed by atoms with Crippen LogP contribution in [0, 0.1) is 5.92 Å². The molecule has 118 valence electrons. The molecule has 0 aliphatic heterocycles. The second kappa shape index (κ2) is 7.46. The summed E-state index contributed by atoms with van der Waals surface area (Å²) in [6.45, 7) is 9.75. The van der Waals surface area contributed by atoms with Crippen LogP contribution in [0.3, 0.4) is 0 Å². The molecule has 0 aromatic heterocycles. The molecule has 0 fully saturated rings. The van der Waals surface area contributed by atoms with Crippen LogP contribution in [0.25, 0.3) is 0 Å². The van der Waals surface area contributed by atoms with Gasteiger partial charge in [-0.2, -0.15) is 0 Å². The first-order valence-corrected chi connectivity index (χ1v) is 7.38. The third-order valence-electron chi connectivity index (χ3n) is 2.92. The van der Waals surface area contributed by atoms with Gasteiger partial charge in [0.25, 0.3) is 0 Å². The number of benzene rings is 1. The van der Waals surface area contributed by atoms with Crippen molar-refractivity contribution >= 4 is 5.97 Å². The van der Waals surface area contributed by atoms with E-state index in [1.807, 2.05) is 39.8 Å². The van der Waals surface area contributed by atoms with Crippen LogP contribution in [0.5, 0.6) is 5.75 Å². The smallest absolute Gasteiger partial charge is 0.312 e. The number of ether oxygens (including phenoxy) is 2. The van der Waals surface area contributed by atoms with Crippen molar-refractivity contribution in [3.63, 3.8) is 0 Å². The molecular weight excluding hydrogens is 268 g/mol. The summed E-state index contributed by atoms with van der Waals surface area (Å²) in [5, 5.41) is 10.3. The van der Waals surface area contributed by atoms with Crippen molar-refractivity contribution in [1.29, 1.82) is 0 Å². The first-order valence-electron chi connectivity index (χ1n) is 7.38. The van der Waals surface area contributed by atoms with Crippen LogP contribution in [0.1, 0.15) is 52.7 Å². The van der Waals surface area contributed by atoms with Crippen LogP contribution >= 0.6 is 0 Å². The molecule has 2 atom stereocenters. The minimum Gasteiger partial charge on any atom is -0.494 e. The third-order valence-corrected chi connectivity index (χ3v) is 2.92. The fourth-order valence-corrected chi connectivity index (χ4v) is 1.82. The van der Waals surface area contributed by atoms with Gasteiger partial charge in [-0.05, 0) is 51.8 Å². The summed E-state index contributed by atoms with van der Waals surface area (Å²) >= 11 is 0. The molecule has 1 aromatic rings. The Balaban J connectivity index is 2.77. The minimum absolute atomic E-state index is 0.408. The van der Waals surface area contributed by atoms with E-state index in [-0.39, 0.29) is 0 Å². The van der Waals surface area contributed by atoms with Gasteiger partial charge < -0.3 is 14.6 Å². The SMILES string of the molecule is CCCOc1cccc(C(O)C(C)C(=O)OC(C)(C)C)c1. The lowest BCUT2D eigenvalue weighted by Crippen LogP contribution is -2.30. The van der Waals surface area contributed by atoms with Gasteiger partial charge in [0.15, 0.2) is 0 Å². The summed E-state index contributed by atoms with van der Waals surface area (Å²) in [5.74, 6) is -0.342. The molecule has 0 spiro atoms. The number of carbonyl (C=O) groups is 1. The van der Waals surface area contributed by atoms with E-state index in [9.17, 15) is 9.90 Å². The number of hydrogen-bond acceptors (Lipinski definition) is 4. The Morgan fingerprint density at radius 2 is 2.00 bits per heavy atom. The topological polar surface area (TPSA) is 55.8 Å². The Bertz CT molecular complexity index is 462. The largest absolute Gasteiger partial charge is 0.494 e. The molecule has 0 radical (unpaired) electrons. The molecule has 2 unspecified atom stereocenters. The number of rotatable bonds is 6. The van der Waals surface area contributed by atoms with Gasteiger partial charge in [-0.1, -0.05) is 19.1 Å². The first-order chi connectivity index (χ1) is 9.74. The Labute approximate surface area is 127 Å². The molecule has 0 saturated carbocycles. The number of carbonyl (C=O) groups excluding carboxylic acids is 1. The predicted octanol–water partition coefficient (Wildman–Crippen LogP) is 3.49. The van der Waals surface area contributed by atoms with E-state index in [4.69, 9.17) is 9.47 Å². The lowest BCUT2D eigenvalue weighted by molar-refractivity contribution is -0.163. The summed E-state index contributed by atoms with van der Waals surface area (Å²) < 4.78 is 10.8. The van der Waals surface area contributed by atoms with Crippen molar-refractivity contribution in [2.45, 2.75) is 52.7 Å². The Morgan fingerprint density at radius 3 is 2.57 bits per heavy atom. The highest BCUT2D eigenvalue weighted by Gasteiger charge is 2.28. The van der Waals surface area contributed by atoms with Crippen LogP contribution in [-0.4, -0.2) is 23.3 Å². The van der Waals surface area contributed by atoms with Gasteiger partial charge in [0.1, 0.15) is 11.4 Å². The maximum absolute atomic E-state index is 12.0. The van der Waals surface area contributed by atoms with Crippen LogP contribution in [0.2, 0.25) is 0 Å². The normalized spacial score (nSPS) is 14.4. The zero-order valence-electron chi connectivity index (χ0n) is 13.6. The molecule has 0 saturated heterocycles. The Kier molecular flexibility index (Phi) is 6.21. The molecule has 0 bridgehead atoms. The highest BCUT2D eigenvalue weighted by molar-refractivity contribution is 5.73. The van der Waals surface area contributed by atoms with E-state index in [2.05, 4.69) is 0 Å². The summed E-state index contributed by atoms with van der Waals surface area (Å²) in [4.78, 5) is 12.0. The maximum Gasteiger partial charge on any atom is 0.312 e. The minimum atomic E-state index is -0.912. The zero-order chi connectivity index (χ0) is 16.0. The van der Waals surface area contributed by atoms with E-state index in [0.717, 1.165) is 6.42 Å². The second-order valence-corrected chi connectivity index (χ2v) is 6.19. The van der Waals surface area contributed by atoms with Gasteiger partial charge in [0.05, 0.1) is 18.6 Å². The van der Waals surface area contributed by atoms with Crippen molar-refractivity contribution in [3.8, 4) is 5.75 Å². The van der Waals surface area contributed by atoms with Gasteiger partial charge in [0, 0.05) is 0 Å². The van der Waals surface area contributed by atoms with Crippen molar-refractivity contribution in [3.05, 3.63) is 29.8 Å². The Hall–Kier alpha value is -1.55. The predicted molar refractivity (Wildman–Crippen MR) is 82.2 cm³/mol. The zero-order valence-corrected chi connectivity index (χ0v) is 13.6. The second-order valence-electron chi connectivity index (χ2n) is 6.19. The van der Waals surface area contributed by atoms with Crippen molar-refractivity contribution in [1.82, 2.24) is 0 Å². The highest BCUT2D eigenvalue weighted by atomic mass is 16.6. The molecule has 1 N–H and O–H groups in total. The monoisotopic (exact) mass is 294 g/mol. The summed E-state index contributed by atoms with van der Waals surface area (Å²) in [5.41, 5.74) is 0.0962. The van der Waals surface area contributed by atoms with Crippen molar-refractivity contribution in [2.24, 2.45) is 5.92 Å². The fraction of sp³-hybridized carbons (Fsp3) is 0.588. The number of hydrogen-bond donors (Lipinski definition) is 1. The van der Waals surface area contributed by atoms with E-state index in [1.54, 1.807) is 19.1 Å². The molecule has 1 aromatic carbocycles. The fourth-order valence-electron chi connectivity index (χ4n) is 1.82. The first kappa shape index (κ1) is 17.5. The average Bonchev–Trinajstić information content (AvgIpc) is 2.42. The average molecular weight is 294 g/mol. The van der Waals surface area contributed by atoms with Crippen LogP contribution in [0.15, 0.2) is 24.3 Å². The van der Waals surface area contributed by atoms with Crippen LogP contribution in [-0.2, 0) is 9.53 Å². The molecule has 21 heavy (non-hydrogen) atoms. The lowest BCUT2D eigenvalue weighted by Gasteiger charge is -2.25. The number of aliphatic hydroxyl groups excluding tert-OH is 1. The number of aliphatic hydroxyl groups is 1. The molecule has 0 aliphatic carbocycles. The van der Waals surface area contributed by atoms with Gasteiger partial charge in [-0.3, -0.25) is 4.79 Å². The van der Waals surface area contributed by atoms with E-state index in [0.29, 0.717) is 17.9 Å². The third kappa shape index (κ3) is 5.76. The highest BCUT2D eigenvalue weighted by Crippen LogP contribution is 2.27. The summed E-state index contributed by atoms with van der Waals surface area (Å²) in [6.07, 6.45) is 0.00574. The molecule has 0 amide bonds. The summed E-state index contributed by atoms with van der Waals surface area (Å²) in [7, 11) is 0. The molecule has 0 heterocycles. The molecule has 1 rings (SSSR count). The maximum atomic E-state index is 12.0. The molecule has 4 heteroatoms. The van der Waals surface area contributed by atoms with Crippen LogP contribution in [0.4, 0.5) is 0 Å². The Morgan fingerprint density at radius 1 is 1.33 bits per heavy atom. The standard InChI is InChI=1S/C17H26O4/c1-6-10-20-14-9-7-8-13(11-14)15(18)12(2)16(19)21-17(3,4)5/h7-9,11-12,15,18H,6,10H2,1-5H3. The molecule has 4 nitrogen and oxygen atoms in total. The van der Waals surface area contributed by atoms with Crippen molar-refractivity contribution < 1.29 is 19.4 Å². The van der Waals surface area contributed by atoms with Gasteiger partial charge in [0.2, 0.25) is 0 Å². The lowest BCUT2D eigenvalue weighted by atomic mass is 9.97. The van der Waals surface area contributed by atoms with Crippen molar-refractivity contribution in [2.75, 3.05) is 6.61 Å². The quantitative estimate of drug-likeness (QED) is 0.816. The van der Waals surface area contributed by atoms with E-state index in [1.165, 1.54) is 0 Å². The molecule has 0 aliphatic rings. The summed E-state index contributed by atoms with van der Waals surface area (Å²) in [6, 6.07) is 7.20. The van der Waals surface area contributed by atoms with Crippen LogP contribution < -0.4 is 4.74 Å². The van der Waals surface area contributed by atoms with E-state index < -0.39 is 23.6 Å². The molecular formula is C17H26O4. The van der Waals surface area contributed by atoms with Gasteiger partial charge >= 0.3 is 5.97 Å². The van der Waals surface area contributed by atoms with Gasteiger partial charge in [-0.15, -0.1) is 0 Å².